The topological polar surface area (TPSA) is 46.2 Å². The van der Waals surface area contributed by atoms with Crippen LogP contribution in [-0.4, -0.2) is 20.7 Å². The molecule has 0 spiro atoms. The van der Waals surface area contributed by atoms with Crippen molar-refractivity contribution < 1.29 is 12.8 Å². The van der Waals surface area contributed by atoms with Crippen LogP contribution >= 0.6 is 15.9 Å². The SMILES string of the molecule is O=S(=O)(CCNc1ccccc1F)c1ccc(Br)cc1. The number of nitrogens with one attached hydrogen (secondary N) is 1. The summed E-state index contributed by atoms with van der Waals surface area (Å²) in [6, 6.07) is 12.6. The molecule has 0 fully saturated rings. The van der Waals surface area contributed by atoms with E-state index in [2.05, 4.69) is 21.2 Å². The fraction of sp³-hybridized carbons (Fsp3) is 0.143. The van der Waals surface area contributed by atoms with Crippen LogP contribution in [-0.2, 0) is 9.84 Å². The van der Waals surface area contributed by atoms with Crippen molar-refractivity contribution >= 4 is 31.5 Å². The maximum Gasteiger partial charge on any atom is 0.180 e. The van der Waals surface area contributed by atoms with Crippen LogP contribution in [0.5, 0.6) is 0 Å². The van der Waals surface area contributed by atoms with E-state index in [1.165, 1.54) is 6.07 Å². The molecule has 0 amide bonds. The van der Waals surface area contributed by atoms with Crippen molar-refractivity contribution in [2.45, 2.75) is 4.90 Å². The van der Waals surface area contributed by atoms with Gasteiger partial charge in [-0.1, -0.05) is 28.1 Å². The summed E-state index contributed by atoms with van der Waals surface area (Å²) in [6.07, 6.45) is 0. The molecule has 0 aliphatic carbocycles. The largest absolute Gasteiger partial charge is 0.382 e. The van der Waals surface area contributed by atoms with Crippen LogP contribution < -0.4 is 5.32 Å². The molecule has 0 saturated carbocycles. The highest BCUT2D eigenvalue weighted by Gasteiger charge is 2.14. The molecule has 106 valence electrons. The van der Waals surface area contributed by atoms with Gasteiger partial charge in [0.25, 0.3) is 0 Å². The lowest BCUT2D eigenvalue weighted by Gasteiger charge is -2.08. The van der Waals surface area contributed by atoms with Crippen molar-refractivity contribution in [2.75, 3.05) is 17.6 Å². The van der Waals surface area contributed by atoms with Gasteiger partial charge in [0.2, 0.25) is 0 Å². The second kappa shape index (κ2) is 6.37. The van der Waals surface area contributed by atoms with Gasteiger partial charge in [-0.2, -0.15) is 0 Å². The average molecular weight is 358 g/mol. The third-order valence-electron chi connectivity index (χ3n) is 2.73. The highest BCUT2D eigenvalue weighted by Crippen LogP contribution is 2.16. The summed E-state index contributed by atoms with van der Waals surface area (Å²) in [5.41, 5.74) is 0.304. The molecule has 0 aliphatic rings. The van der Waals surface area contributed by atoms with E-state index in [0.717, 1.165) is 4.47 Å². The first-order chi connectivity index (χ1) is 9.49. The lowest BCUT2D eigenvalue weighted by atomic mass is 10.3. The first-order valence-corrected chi connectivity index (χ1v) is 8.40. The Morgan fingerprint density at radius 1 is 1.05 bits per heavy atom. The minimum absolute atomic E-state index is 0.0943. The number of hydrogen-bond acceptors (Lipinski definition) is 3. The van der Waals surface area contributed by atoms with Crippen LogP contribution in [0.3, 0.4) is 0 Å². The highest BCUT2D eigenvalue weighted by atomic mass is 79.9. The summed E-state index contributed by atoms with van der Waals surface area (Å²) >= 11 is 3.25. The average Bonchev–Trinajstić information content (AvgIpc) is 2.41. The van der Waals surface area contributed by atoms with Gasteiger partial charge >= 0.3 is 0 Å². The van der Waals surface area contributed by atoms with E-state index >= 15 is 0 Å². The number of benzene rings is 2. The van der Waals surface area contributed by atoms with Crippen molar-refractivity contribution in [3.8, 4) is 0 Å². The van der Waals surface area contributed by atoms with Gasteiger partial charge in [0.1, 0.15) is 5.82 Å². The van der Waals surface area contributed by atoms with E-state index in [1.807, 2.05) is 0 Å². The van der Waals surface area contributed by atoms with Crippen molar-refractivity contribution in [3.05, 3.63) is 58.8 Å². The number of hydrogen-bond donors (Lipinski definition) is 1. The van der Waals surface area contributed by atoms with Crippen LogP contribution in [0.4, 0.5) is 10.1 Å². The molecule has 0 unspecified atom stereocenters. The van der Waals surface area contributed by atoms with E-state index in [4.69, 9.17) is 0 Å². The summed E-state index contributed by atoms with van der Waals surface area (Å²) in [7, 11) is -3.37. The quantitative estimate of drug-likeness (QED) is 0.890. The number of para-hydroxylation sites is 1. The van der Waals surface area contributed by atoms with Crippen LogP contribution in [0.2, 0.25) is 0 Å². The minimum atomic E-state index is -3.37. The van der Waals surface area contributed by atoms with Crippen LogP contribution in [0.25, 0.3) is 0 Å². The molecule has 2 aromatic rings. The molecular weight excluding hydrogens is 345 g/mol. The molecule has 6 heteroatoms. The first-order valence-electron chi connectivity index (χ1n) is 5.96. The van der Waals surface area contributed by atoms with E-state index in [1.54, 1.807) is 42.5 Å². The molecule has 0 bridgehead atoms. The zero-order valence-corrected chi connectivity index (χ0v) is 12.9. The summed E-state index contributed by atoms with van der Waals surface area (Å²) < 4.78 is 38.3. The number of rotatable bonds is 5. The summed E-state index contributed by atoms with van der Waals surface area (Å²) in [5.74, 6) is -0.489. The Balaban J connectivity index is 2.00. The first kappa shape index (κ1) is 15.0. The second-order valence-corrected chi connectivity index (χ2v) is 7.20. The van der Waals surface area contributed by atoms with Gasteiger partial charge in [0.05, 0.1) is 16.3 Å². The monoisotopic (exact) mass is 357 g/mol. The minimum Gasteiger partial charge on any atom is -0.382 e. The zero-order valence-electron chi connectivity index (χ0n) is 10.5. The summed E-state index contributed by atoms with van der Waals surface area (Å²) in [6.45, 7) is 0.152. The molecule has 3 nitrogen and oxygen atoms in total. The van der Waals surface area contributed by atoms with Crippen molar-refractivity contribution in [3.63, 3.8) is 0 Å². The third kappa shape index (κ3) is 3.80. The highest BCUT2D eigenvalue weighted by molar-refractivity contribution is 9.10. The molecule has 0 saturated heterocycles. The maximum atomic E-state index is 13.4. The number of anilines is 1. The van der Waals surface area contributed by atoms with Gasteiger partial charge in [-0.05, 0) is 36.4 Å². The molecule has 0 radical (unpaired) electrons. The van der Waals surface area contributed by atoms with Crippen molar-refractivity contribution in [1.29, 1.82) is 0 Å². The predicted molar refractivity (Wildman–Crippen MR) is 81.1 cm³/mol. The number of sulfone groups is 1. The van der Waals surface area contributed by atoms with Gasteiger partial charge in [-0.3, -0.25) is 0 Å². The Kier molecular flexibility index (Phi) is 4.77. The molecule has 0 heterocycles. The van der Waals surface area contributed by atoms with E-state index < -0.39 is 15.7 Å². The normalized spacial score (nSPS) is 11.3. The lowest BCUT2D eigenvalue weighted by Crippen LogP contribution is -2.16. The standard InChI is InChI=1S/C14H13BrFNO2S/c15-11-5-7-12(8-6-11)20(18,19)10-9-17-14-4-2-1-3-13(14)16/h1-8,17H,9-10H2. The number of halogens is 2. The Morgan fingerprint density at radius 3 is 2.35 bits per heavy atom. The molecule has 0 atom stereocenters. The van der Waals surface area contributed by atoms with Crippen molar-refractivity contribution in [2.24, 2.45) is 0 Å². The third-order valence-corrected chi connectivity index (χ3v) is 4.99. The van der Waals surface area contributed by atoms with Gasteiger partial charge < -0.3 is 5.32 Å². The maximum absolute atomic E-state index is 13.4. The zero-order chi connectivity index (χ0) is 14.6. The van der Waals surface area contributed by atoms with Gasteiger partial charge in [0, 0.05) is 11.0 Å². The summed E-state index contributed by atoms with van der Waals surface area (Å²) in [5, 5.41) is 2.79. The van der Waals surface area contributed by atoms with Gasteiger partial charge in [-0.15, -0.1) is 0 Å². The fourth-order valence-electron chi connectivity index (χ4n) is 1.68. The Bertz CT molecular complexity index is 687. The van der Waals surface area contributed by atoms with Gasteiger partial charge in [-0.25, -0.2) is 12.8 Å². The molecule has 0 aliphatic heterocycles. The van der Waals surface area contributed by atoms with Crippen LogP contribution in [0.1, 0.15) is 0 Å². The Morgan fingerprint density at radius 2 is 1.70 bits per heavy atom. The van der Waals surface area contributed by atoms with E-state index in [0.29, 0.717) is 5.69 Å². The molecule has 2 aromatic carbocycles. The fourth-order valence-corrected chi connectivity index (χ4v) is 3.11. The van der Waals surface area contributed by atoms with Crippen molar-refractivity contribution in [1.82, 2.24) is 0 Å². The lowest BCUT2D eigenvalue weighted by molar-refractivity contribution is 0.596. The smallest absolute Gasteiger partial charge is 0.180 e. The molecule has 20 heavy (non-hydrogen) atoms. The molecular formula is C14H13BrFNO2S. The molecule has 0 aromatic heterocycles. The van der Waals surface area contributed by atoms with E-state index in [-0.39, 0.29) is 17.2 Å². The molecule has 1 N–H and O–H groups in total. The van der Waals surface area contributed by atoms with Crippen LogP contribution in [0, 0.1) is 5.82 Å². The van der Waals surface area contributed by atoms with Crippen LogP contribution in [0.15, 0.2) is 57.9 Å². The van der Waals surface area contributed by atoms with Gasteiger partial charge in [0.15, 0.2) is 9.84 Å². The Labute approximate surface area is 125 Å². The Hall–Kier alpha value is -1.40. The van der Waals surface area contributed by atoms with E-state index in [9.17, 15) is 12.8 Å². The predicted octanol–water partition coefficient (Wildman–Crippen LogP) is 3.47. The summed E-state index contributed by atoms with van der Waals surface area (Å²) in [4.78, 5) is 0.260. The second-order valence-electron chi connectivity index (χ2n) is 4.18. The molecule has 2 rings (SSSR count).